The first kappa shape index (κ1) is 19.0. The van der Waals surface area contributed by atoms with Crippen molar-refractivity contribution in [2.24, 2.45) is 0 Å². The molecule has 7 heteroatoms. The van der Waals surface area contributed by atoms with Crippen LogP contribution in [0.25, 0.3) is 11.3 Å². The molecule has 1 atom stereocenters. The highest BCUT2D eigenvalue weighted by Gasteiger charge is 2.41. The highest BCUT2D eigenvalue weighted by molar-refractivity contribution is 7.88. The molecule has 2 fully saturated rings. The van der Waals surface area contributed by atoms with Crippen molar-refractivity contribution < 1.29 is 8.42 Å². The van der Waals surface area contributed by atoms with Gasteiger partial charge in [0.05, 0.1) is 17.5 Å². The van der Waals surface area contributed by atoms with Crippen molar-refractivity contribution in [2.75, 3.05) is 17.7 Å². The Morgan fingerprint density at radius 1 is 1.10 bits per heavy atom. The number of hydrogen-bond donors (Lipinski definition) is 1. The number of rotatable bonds is 5. The molecule has 154 valence electrons. The van der Waals surface area contributed by atoms with Gasteiger partial charge in [-0.05, 0) is 57.4 Å². The molecule has 0 radical (unpaired) electrons. The number of nitrogens with zero attached hydrogens (tertiary/aromatic N) is 3. The molecule has 1 aromatic heterocycles. The van der Waals surface area contributed by atoms with E-state index in [2.05, 4.69) is 40.8 Å². The first-order valence-electron chi connectivity index (χ1n) is 10.6. The molecule has 6 nitrogen and oxygen atoms in total. The fourth-order valence-electron chi connectivity index (χ4n) is 4.88. The Morgan fingerprint density at radius 3 is 2.41 bits per heavy atom. The summed E-state index contributed by atoms with van der Waals surface area (Å²) in [7, 11) is -3.25. The SMILES string of the molecule is C[C@H]1CCN1c1nc2c(c(-c3ccc(C4(NS(C)(=O)=O)CCC4)cc3)n1)CCC2. The lowest BCUT2D eigenvalue weighted by molar-refractivity contribution is 0.225. The van der Waals surface area contributed by atoms with Crippen LogP contribution in [0.3, 0.4) is 0 Å². The van der Waals surface area contributed by atoms with Gasteiger partial charge in [-0.25, -0.2) is 23.1 Å². The van der Waals surface area contributed by atoms with E-state index in [4.69, 9.17) is 9.97 Å². The maximum atomic E-state index is 11.9. The molecule has 2 aromatic rings. The van der Waals surface area contributed by atoms with Crippen LogP contribution >= 0.6 is 0 Å². The topological polar surface area (TPSA) is 75.2 Å². The van der Waals surface area contributed by atoms with Gasteiger partial charge in [0.1, 0.15) is 0 Å². The highest BCUT2D eigenvalue weighted by atomic mass is 32.2. The minimum absolute atomic E-state index is 0.446. The summed E-state index contributed by atoms with van der Waals surface area (Å²) in [5, 5.41) is 0. The van der Waals surface area contributed by atoms with Crippen LogP contribution in [-0.2, 0) is 28.4 Å². The average molecular weight is 413 g/mol. The molecule has 2 aliphatic carbocycles. The molecule has 0 unspecified atom stereocenters. The predicted molar refractivity (Wildman–Crippen MR) is 114 cm³/mol. The van der Waals surface area contributed by atoms with Crippen molar-refractivity contribution in [2.45, 2.75) is 63.5 Å². The summed E-state index contributed by atoms with van der Waals surface area (Å²) in [5.74, 6) is 0.859. The number of fused-ring (bicyclic) bond motifs is 1. The van der Waals surface area contributed by atoms with Crippen LogP contribution in [0.4, 0.5) is 5.95 Å². The number of nitrogens with one attached hydrogen (secondary N) is 1. The van der Waals surface area contributed by atoms with Crippen molar-refractivity contribution in [3.8, 4) is 11.3 Å². The molecule has 1 N–H and O–H groups in total. The van der Waals surface area contributed by atoms with Gasteiger partial charge >= 0.3 is 0 Å². The Hall–Kier alpha value is -1.99. The van der Waals surface area contributed by atoms with Crippen LogP contribution in [-0.4, -0.2) is 37.2 Å². The third-order valence-electron chi connectivity index (χ3n) is 6.80. The minimum Gasteiger partial charge on any atom is -0.338 e. The molecule has 0 amide bonds. The third kappa shape index (κ3) is 3.34. The Labute approximate surface area is 172 Å². The quantitative estimate of drug-likeness (QED) is 0.816. The van der Waals surface area contributed by atoms with Gasteiger partial charge in [-0.1, -0.05) is 24.3 Å². The summed E-state index contributed by atoms with van der Waals surface area (Å²) in [6.45, 7) is 3.25. The Morgan fingerprint density at radius 2 is 1.86 bits per heavy atom. The van der Waals surface area contributed by atoms with Gasteiger partial charge in [-0.2, -0.15) is 0 Å². The van der Waals surface area contributed by atoms with Gasteiger partial charge in [0, 0.05) is 29.4 Å². The molecule has 29 heavy (non-hydrogen) atoms. The lowest BCUT2D eigenvalue weighted by Crippen LogP contribution is -2.50. The molecule has 1 saturated carbocycles. The lowest BCUT2D eigenvalue weighted by atomic mass is 9.72. The van der Waals surface area contributed by atoms with E-state index in [9.17, 15) is 8.42 Å². The van der Waals surface area contributed by atoms with Gasteiger partial charge in [0.2, 0.25) is 16.0 Å². The number of benzene rings is 1. The van der Waals surface area contributed by atoms with Crippen LogP contribution in [0.2, 0.25) is 0 Å². The molecule has 5 rings (SSSR count). The molecule has 1 saturated heterocycles. The van der Waals surface area contributed by atoms with Crippen molar-refractivity contribution >= 4 is 16.0 Å². The number of aryl methyl sites for hydroxylation is 1. The normalized spacial score (nSPS) is 22.7. The first-order valence-corrected chi connectivity index (χ1v) is 12.5. The second-order valence-corrected chi connectivity index (χ2v) is 10.6. The second kappa shape index (κ2) is 6.77. The Bertz CT molecular complexity index is 1050. The van der Waals surface area contributed by atoms with Gasteiger partial charge in [0.25, 0.3) is 0 Å². The maximum absolute atomic E-state index is 11.9. The van der Waals surface area contributed by atoms with Crippen molar-refractivity contribution in [3.05, 3.63) is 41.1 Å². The first-order chi connectivity index (χ1) is 13.8. The number of hydrogen-bond acceptors (Lipinski definition) is 5. The van der Waals surface area contributed by atoms with Crippen LogP contribution in [0.15, 0.2) is 24.3 Å². The molecule has 0 spiro atoms. The van der Waals surface area contributed by atoms with Gasteiger partial charge < -0.3 is 4.90 Å². The summed E-state index contributed by atoms with van der Waals surface area (Å²) in [5.41, 5.74) is 5.21. The van der Waals surface area contributed by atoms with Crippen LogP contribution < -0.4 is 9.62 Å². The van der Waals surface area contributed by atoms with E-state index in [0.29, 0.717) is 6.04 Å². The molecule has 1 aromatic carbocycles. The molecular formula is C22H28N4O2S. The van der Waals surface area contributed by atoms with Crippen molar-refractivity contribution in [3.63, 3.8) is 0 Å². The van der Waals surface area contributed by atoms with E-state index in [1.165, 1.54) is 23.9 Å². The summed E-state index contributed by atoms with van der Waals surface area (Å²) >= 11 is 0. The zero-order valence-corrected chi connectivity index (χ0v) is 17.9. The smallest absolute Gasteiger partial charge is 0.226 e. The molecule has 3 aliphatic rings. The van der Waals surface area contributed by atoms with Crippen molar-refractivity contribution in [1.82, 2.24) is 14.7 Å². The summed E-state index contributed by atoms with van der Waals surface area (Å²) in [4.78, 5) is 12.1. The predicted octanol–water partition coefficient (Wildman–Crippen LogP) is 3.16. The number of aromatic nitrogens is 2. The fourth-order valence-corrected chi connectivity index (χ4v) is 5.91. The molecule has 0 bridgehead atoms. The van der Waals surface area contributed by atoms with E-state index in [1.54, 1.807) is 0 Å². The highest BCUT2D eigenvalue weighted by Crippen LogP contribution is 2.42. The van der Waals surface area contributed by atoms with E-state index < -0.39 is 15.6 Å². The van der Waals surface area contributed by atoms with E-state index in [1.807, 2.05) is 0 Å². The summed E-state index contributed by atoms with van der Waals surface area (Å²) in [6.07, 6.45) is 8.36. The third-order valence-corrected chi connectivity index (χ3v) is 7.56. The zero-order valence-electron chi connectivity index (χ0n) is 17.1. The van der Waals surface area contributed by atoms with Crippen LogP contribution in [0.1, 0.15) is 55.8 Å². The van der Waals surface area contributed by atoms with E-state index in [0.717, 1.165) is 67.8 Å². The minimum atomic E-state index is -3.25. The largest absolute Gasteiger partial charge is 0.338 e. The molecular weight excluding hydrogens is 384 g/mol. The zero-order chi connectivity index (χ0) is 20.2. The molecule has 1 aliphatic heterocycles. The summed E-state index contributed by atoms with van der Waals surface area (Å²) < 4.78 is 26.6. The van der Waals surface area contributed by atoms with E-state index >= 15 is 0 Å². The standard InChI is InChI=1S/C22H28N4O2S/c1-15-11-14-26(15)21-23-19-6-3-5-18(19)20(24-21)16-7-9-17(10-8-16)22(12-4-13-22)25-29(2,27)28/h7-10,15,25H,3-6,11-14H2,1-2H3/t15-/m0/s1. The Kier molecular flexibility index (Phi) is 4.44. The fraction of sp³-hybridized carbons (Fsp3) is 0.545. The number of sulfonamides is 1. The second-order valence-electron chi connectivity index (χ2n) is 8.87. The maximum Gasteiger partial charge on any atom is 0.226 e. The number of anilines is 1. The van der Waals surface area contributed by atoms with Gasteiger partial charge in [-0.3, -0.25) is 0 Å². The Balaban J connectivity index is 1.50. The summed E-state index contributed by atoms with van der Waals surface area (Å²) in [6, 6.07) is 8.85. The molecule has 2 heterocycles. The average Bonchev–Trinajstić information content (AvgIpc) is 3.11. The van der Waals surface area contributed by atoms with Gasteiger partial charge in [0.15, 0.2) is 0 Å². The van der Waals surface area contributed by atoms with Gasteiger partial charge in [-0.15, -0.1) is 0 Å². The lowest BCUT2D eigenvalue weighted by Gasteiger charge is -2.42. The van der Waals surface area contributed by atoms with Crippen LogP contribution in [0.5, 0.6) is 0 Å². The van der Waals surface area contributed by atoms with E-state index in [-0.39, 0.29) is 0 Å². The van der Waals surface area contributed by atoms with Crippen molar-refractivity contribution in [1.29, 1.82) is 0 Å². The monoisotopic (exact) mass is 412 g/mol. The van der Waals surface area contributed by atoms with Crippen LogP contribution in [0, 0.1) is 0 Å².